The molecular weight excluding hydrogens is 148 g/mol. The summed E-state index contributed by atoms with van der Waals surface area (Å²) in [6, 6.07) is 10.4. The van der Waals surface area contributed by atoms with Crippen LogP contribution < -0.4 is 0 Å². The lowest BCUT2D eigenvalue weighted by Gasteiger charge is -2.10. The van der Waals surface area contributed by atoms with E-state index in [2.05, 4.69) is 31.2 Å². The van der Waals surface area contributed by atoms with Crippen LogP contribution in [0, 0.1) is 0 Å². The Hall–Kier alpha value is -0.820. The van der Waals surface area contributed by atoms with Crippen molar-refractivity contribution in [2.75, 3.05) is 6.61 Å². The number of benzene rings is 1. The van der Waals surface area contributed by atoms with Gasteiger partial charge < -0.3 is 4.74 Å². The number of ether oxygens (including phenoxy) is 1. The van der Waals surface area contributed by atoms with E-state index < -0.39 is 0 Å². The number of hydrogen-bond acceptors (Lipinski definition) is 1. The molecule has 1 unspecified atom stereocenters. The van der Waals surface area contributed by atoms with Crippen molar-refractivity contribution >= 4 is 0 Å². The third-order valence-electron chi connectivity index (χ3n) is 1.82. The monoisotopic (exact) mass is 164 g/mol. The Kier molecular flexibility index (Phi) is 3.81. The Bertz CT molecular complexity index is 206. The van der Waals surface area contributed by atoms with E-state index in [1.165, 1.54) is 5.56 Å². The zero-order valence-electron chi connectivity index (χ0n) is 7.79. The molecule has 0 bridgehead atoms. The van der Waals surface area contributed by atoms with Gasteiger partial charge in [0.1, 0.15) is 0 Å². The number of hydrogen-bond donors (Lipinski definition) is 0. The van der Waals surface area contributed by atoms with Gasteiger partial charge in [0, 0.05) is 6.61 Å². The molecule has 0 fully saturated rings. The summed E-state index contributed by atoms with van der Waals surface area (Å²) in [6.07, 6.45) is 1.34. The van der Waals surface area contributed by atoms with Crippen molar-refractivity contribution in [1.29, 1.82) is 0 Å². The molecule has 0 saturated carbocycles. The normalized spacial score (nSPS) is 12.8. The van der Waals surface area contributed by atoms with Crippen LogP contribution in [0.1, 0.15) is 19.4 Å². The van der Waals surface area contributed by atoms with E-state index in [0.717, 1.165) is 13.0 Å². The van der Waals surface area contributed by atoms with Crippen molar-refractivity contribution < 1.29 is 4.74 Å². The van der Waals surface area contributed by atoms with E-state index in [4.69, 9.17) is 4.74 Å². The molecule has 12 heavy (non-hydrogen) atoms. The summed E-state index contributed by atoms with van der Waals surface area (Å²) in [7, 11) is 0. The van der Waals surface area contributed by atoms with Gasteiger partial charge in [-0.2, -0.15) is 0 Å². The predicted molar refractivity (Wildman–Crippen MR) is 51.2 cm³/mol. The van der Waals surface area contributed by atoms with Crippen LogP contribution in [0.4, 0.5) is 0 Å². The smallest absolute Gasteiger partial charge is 0.0587 e. The molecule has 1 nitrogen and oxygen atoms in total. The first kappa shape index (κ1) is 9.27. The van der Waals surface area contributed by atoms with Crippen LogP contribution >= 0.6 is 0 Å². The van der Waals surface area contributed by atoms with Gasteiger partial charge in [-0.1, -0.05) is 30.3 Å². The largest absolute Gasteiger partial charge is 0.378 e. The molecule has 1 atom stereocenters. The average Bonchev–Trinajstić information content (AvgIpc) is 2.06. The zero-order valence-corrected chi connectivity index (χ0v) is 7.79. The van der Waals surface area contributed by atoms with Crippen LogP contribution in [0.25, 0.3) is 0 Å². The molecule has 0 N–H and O–H groups in total. The van der Waals surface area contributed by atoms with E-state index >= 15 is 0 Å². The van der Waals surface area contributed by atoms with Crippen molar-refractivity contribution in [2.45, 2.75) is 26.4 Å². The fourth-order valence-electron chi connectivity index (χ4n) is 1.29. The van der Waals surface area contributed by atoms with Crippen LogP contribution in [-0.2, 0) is 11.2 Å². The fourth-order valence-corrected chi connectivity index (χ4v) is 1.29. The van der Waals surface area contributed by atoms with Crippen LogP contribution in [0.15, 0.2) is 30.3 Å². The lowest BCUT2D eigenvalue weighted by atomic mass is 10.1. The lowest BCUT2D eigenvalue weighted by molar-refractivity contribution is 0.0768. The highest BCUT2D eigenvalue weighted by Gasteiger charge is 2.00. The molecule has 1 aromatic carbocycles. The predicted octanol–water partition coefficient (Wildman–Crippen LogP) is 2.65. The Morgan fingerprint density at radius 2 is 1.92 bits per heavy atom. The topological polar surface area (TPSA) is 9.23 Å². The maximum Gasteiger partial charge on any atom is 0.0587 e. The zero-order chi connectivity index (χ0) is 8.81. The van der Waals surface area contributed by atoms with E-state index in [9.17, 15) is 0 Å². The van der Waals surface area contributed by atoms with Gasteiger partial charge in [0.2, 0.25) is 0 Å². The minimum atomic E-state index is 0.331. The van der Waals surface area contributed by atoms with Crippen LogP contribution in [-0.4, -0.2) is 12.7 Å². The first-order valence-electron chi connectivity index (χ1n) is 4.48. The molecule has 66 valence electrons. The second-order valence-electron chi connectivity index (χ2n) is 2.96. The summed E-state index contributed by atoms with van der Waals surface area (Å²) in [4.78, 5) is 0. The first-order valence-corrected chi connectivity index (χ1v) is 4.48. The molecule has 1 rings (SSSR count). The summed E-state index contributed by atoms with van der Waals surface area (Å²) in [5.74, 6) is 0. The van der Waals surface area contributed by atoms with E-state index in [1.807, 2.05) is 13.0 Å². The Morgan fingerprint density at radius 1 is 1.25 bits per heavy atom. The summed E-state index contributed by atoms with van der Waals surface area (Å²) >= 11 is 0. The molecule has 0 saturated heterocycles. The lowest BCUT2D eigenvalue weighted by Crippen LogP contribution is -2.10. The Balaban J connectivity index is 2.41. The summed E-state index contributed by atoms with van der Waals surface area (Å²) in [6.45, 7) is 4.94. The third-order valence-corrected chi connectivity index (χ3v) is 1.82. The maximum absolute atomic E-state index is 5.45. The number of rotatable bonds is 4. The molecule has 0 aliphatic rings. The molecule has 0 heterocycles. The third kappa shape index (κ3) is 3.05. The minimum absolute atomic E-state index is 0.331. The maximum atomic E-state index is 5.45. The van der Waals surface area contributed by atoms with Crippen molar-refractivity contribution in [1.82, 2.24) is 0 Å². The van der Waals surface area contributed by atoms with Crippen molar-refractivity contribution in [2.24, 2.45) is 0 Å². The van der Waals surface area contributed by atoms with E-state index in [-0.39, 0.29) is 0 Å². The minimum Gasteiger partial charge on any atom is -0.378 e. The fraction of sp³-hybridized carbons (Fsp3) is 0.455. The molecule has 1 aromatic rings. The van der Waals surface area contributed by atoms with Crippen molar-refractivity contribution in [3.05, 3.63) is 35.9 Å². The van der Waals surface area contributed by atoms with Crippen LogP contribution in [0.2, 0.25) is 0 Å². The van der Waals surface area contributed by atoms with Gasteiger partial charge in [-0.05, 0) is 25.8 Å². The Morgan fingerprint density at radius 3 is 2.50 bits per heavy atom. The van der Waals surface area contributed by atoms with Gasteiger partial charge in [0.15, 0.2) is 0 Å². The summed E-state index contributed by atoms with van der Waals surface area (Å²) < 4.78 is 5.45. The van der Waals surface area contributed by atoms with Crippen LogP contribution in [0.5, 0.6) is 0 Å². The molecule has 0 spiro atoms. The molecule has 1 heteroatoms. The Labute approximate surface area is 74.4 Å². The second-order valence-corrected chi connectivity index (χ2v) is 2.96. The second kappa shape index (κ2) is 4.94. The quantitative estimate of drug-likeness (QED) is 0.664. The van der Waals surface area contributed by atoms with Crippen LogP contribution in [0.3, 0.4) is 0 Å². The SMILES string of the molecule is CCOC(C)Cc1ccccc1. The molecule has 0 aromatic heterocycles. The standard InChI is InChI=1S/C11H16O/c1-3-12-10(2)9-11-7-5-4-6-8-11/h4-8,10H,3,9H2,1-2H3. The highest BCUT2D eigenvalue weighted by atomic mass is 16.5. The van der Waals surface area contributed by atoms with Gasteiger partial charge in [-0.3, -0.25) is 0 Å². The highest BCUT2D eigenvalue weighted by Crippen LogP contribution is 2.04. The van der Waals surface area contributed by atoms with Gasteiger partial charge in [0.25, 0.3) is 0 Å². The van der Waals surface area contributed by atoms with Gasteiger partial charge in [0.05, 0.1) is 6.10 Å². The van der Waals surface area contributed by atoms with Crippen molar-refractivity contribution in [3.63, 3.8) is 0 Å². The molecule has 0 amide bonds. The van der Waals surface area contributed by atoms with Gasteiger partial charge >= 0.3 is 0 Å². The van der Waals surface area contributed by atoms with Gasteiger partial charge in [-0.15, -0.1) is 0 Å². The molecule has 0 aliphatic heterocycles. The molecule has 0 radical (unpaired) electrons. The van der Waals surface area contributed by atoms with Crippen molar-refractivity contribution in [3.8, 4) is 0 Å². The van der Waals surface area contributed by atoms with E-state index in [1.54, 1.807) is 0 Å². The molecule has 0 aliphatic carbocycles. The van der Waals surface area contributed by atoms with Gasteiger partial charge in [-0.25, -0.2) is 0 Å². The highest BCUT2D eigenvalue weighted by molar-refractivity contribution is 5.15. The molecular formula is C11H16O. The average molecular weight is 164 g/mol. The summed E-state index contributed by atoms with van der Waals surface area (Å²) in [5, 5.41) is 0. The van der Waals surface area contributed by atoms with E-state index in [0.29, 0.717) is 6.10 Å². The summed E-state index contributed by atoms with van der Waals surface area (Å²) in [5.41, 5.74) is 1.35. The first-order chi connectivity index (χ1) is 5.83.